The molecule has 0 aliphatic carbocycles. The van der Waals surface area contributed by atoms with E-state index in [4.69, 9.17) is 9.15 Å². The van der Waals surface area contributed by atoms with E-state index in [9.17, 15) is 9.18 Å². The van der Waals surface area contributed by atoms with Gasteiger partial charge in [-0.1, -0.05) is 0 Å². The molecular formula is C13H11FO4. The third-order valence-electron chi connectivity index (χ3n) is 2.33. The molecule has 18 heavy (non-hydrogen) atoms. The van der Waals surface area contributed by atoms with Gasteiger partial charge in [0.2, 0.25) is 0 Å². The van der Waals surface area contributed by atoms with Crippen LogP contribution in [0.15, 0.2) is 41.0 Å². The standard InChI is InChI=1S/C13H11FO4/c1-16-13(15)11-6-7-17-12(11)8-18-10-4-2-9(14)3-5-10/h2-7H,8H2,1H3. The lowest BCUT2D eigenvalue weighted by Gasteiger charge is -2.05. The van der Waals surface area contributed by atoms with Crippen LogP contribution in [-0.4, -0.2) is 13.1 Å². The van der Waals surface area contributed by atoms with E-state index in [1.54, 1.807) is 0 Å². The number of ether oxygens (including phenoxy) is 2. The minimum atomic E-state index is -0.485. The van der Waals surface area contributed by atoms with Gasteiger partial charge in [-0.05, 0) is 30.3 Å². The smallest absolute Gasteiger partial charge is 0.341 e. The maximum atomic E-state index is 12.7. The van der Waals surface area contributed by atoms with Crippen LogP contribution in [0.5, 0.6) is 5.75 Å². The van der Waals surface area contributed by atoms with Gasteiger partial charge < -0.3 is 13.9 Å². The van der Waals surface area contributed by atoms with E-state index in [1.807, 2.05) is 0 Å². The number of halogens is 1. The molecule has 1 aromatic carbocycles. The Labute approximate surface area is 103 Å². The number of rotatable bonds is 4. The van der Waals surface area contributed by atoms with Gasteiger partial charge in [0.25, 0.3) is 0 Å². The van der Waals surface area contributed by atoms with Gasteiger partial charge in [-0.2, -0.15) is 0 Å². The summed E-state index contributed by atoms with van der Waals surface area (Å²) in [5.74, 6) is 0.0341. The van der Waals surface area contributed by atoms with Crippen molar-refractivity contribution >= 4 is 5.97 Å². The van der Waals surface area contributed by atoms with Crippen molar-refractivity contribution in [3.8, 4) is 5.75 Å². The summed E-state index contributed by atoms with van der Waals surface area (Å²) in [6, 6.07) is 7.08. The number of furan rings is 1. The molecule has 0 N–H and O–H groups in total. The Morgan fingerprint density at radius 3 is 2.67 bits per heavy atom. The van der Waals surface area contributed by atoms with E-state index in [2.05, 4.69) is 4.74 Å². The van der Waals surface area contributed by atoms with Gasteiger partial charge in [0.1, 0.15) is 23.7 Å². The van der Waals surface area contributed by atoms with Gasteiger partial charge in [-0.15, -0.1) is 0 Å². The number of benzene rings is 1. The first-order valence-corrected chi connectivity index (χ1v) is 5.24. The zero-order valence-corrected chi connectivity index (χ0v) is 9.68. The van der Waals surface area contributed by atoms with Gasteiger partial charge in [0.15, 0.2) is 5.76 Å². The summed E-state index contributed by atoms with van der Waals surface area (Å²) in [6.45, 7) is 0.0725. The minimum Gasteiger partial charge on any atom is -0.486 e. The highest BCUT2D eigenvalue weighted by atomic mass is 19.1. The van der Waals surface area contributed by atoms with Gasteiger partial charge in [-0.25, -0.2) is 9.18 Å². The molecule has 94 valence electrons. The van der Waals surface area contributed by atoms with Crippen molar-refractivity contribution in [3.05, 3.63) is 53.7 Å². The molecule has 1 aromatic heterocycles. The van der Waals surface area contributed by atoms with Crippen molar-refractivity contribution in [2.75, 3.05) is 7.11 Å². The molecule has 0 atom stereocenters. The predicted molar refractivity (Wildman–Crippen MR) is 60.8 cm³/mol. The first-order valence-electron chi connectivity index (χ1n) is 5.24. The summed E-state index contributed by atoms with van der Waals surface area (Å²) < 4.78 is 27.8. The van der Waals surface area contributed by atoms with Crippen LogP contribution in [0.3, 0.4) is 0 Å². The van der Waals surface area contributed by atoms with Gasteiger partial charge in [-0.3, -0.25) is 0 Å². The molecular weight excluding hydrogens is 239 g/mol. The van der Waals surface area contributed by atoms with Gasteiger partial charge in [0, 0.05) is 0 Å². The molecule has 2 aromatic rings. The molecule has 0 radical (unpaired) electrons. The van der Waals surface area contributed by atoms with E-state index in [0.717, 1.165) is 0 Å². The van der Waals surface area contributed by atoms with Crippen LogP contribution in [0.4, 0.5) is 4.39 Å². The molecule has 0 fully saturated rings. The quantitative estimate of drug-likeness (QED) is 0.783. The van der Waals surface area contributed by atoms with E-state index >= 15 is 0 Å². The summed E-state index contributed by atoms with van der Waals surface area (Å²) in [6.07, 6.45) is 1.38. The number of hydrogen-bond acceptors (Lipinski definition) is 4. The van der Waals surface area contributed by atoms with E-state index in [1.165, 1.54) is 43.7 Å². The highest BCUT2D eigenvalue weighted by molar-refractivity contribution is 5.90. The molecule has 0 saturated heterocycles. The highest BCUT2D eigenvalue weighted by Gasteiger charge is 2.15. The number of methoxy groups -OCH3 is 1. The van der Waals surface area contributed by atoms with Crippen LogP contribution in [0, 0.1) is 5.82 Å². The summed E-state index contributed by atoms with van der Waals surface area (Å²) in [5.41, 5.74) is 0.319. The van der Waals surface area contributed by atoms with Crippen LogP contribution >= 0.6 is 0 Å². The Hall–Kier alpha value is -2.30. The Morgan fingerprint density at radius 1 is 1.28 bits per heavy atom. The van der Waals surface area contributed by atoms with Crippen molar-refractivity contribution < 1.29 is 23.1 Å². The van der Waals surface area contributed by atoms with Crippen LogP contribution in [0.1, 0.15) is 16.1 Å². The highest BCUT2D eigenvalue weighted by Crippen LogP contribution is 2.17. The Morgan fingerprint density at radius 2 is 2.00 bits per heavy atom. The molecule has 0 spiro atoms. The molecule has 0 aliphatic rings. The zero-order valence-electron chi connectivity index (χ0n) is 9.68. The monoisotopic (exact) mass is 250 g/mol. The van der Waals surface area contributed by atoms with E-state index < -0.39 is 5.97 Å². The fourth-order valence-electron chi connectivity index (χ4n) is 1.42. The first kappa shape index (κ1) is 12.2. The normalized spacial score (nSPS) is 10.1. The molecule has 0 amide bonds. The Balaban J connectivity index is 2.04. The minimum absolute atomic E-state index is 0.0725. The second-order valence-electron chi connectivity index (χ2n) is 3.49. The fraction of sp³-hybridized carbons (Fsp3) is 0.154. The van der Waals surface area contributed by atoms with Crippen molar-refractivity contribution in [3.63, 3.8) is 0 Å². The van der Waals surface area contributed by atoms with Crippen LogP contribution < -0.4 is 4.74 Å². The van der Waals surface area contributed by atoms with Crippen LogP contribution in [0.25, 0.3) is 0 Å². The lowest BCUT2D eigenvalue weighted by atomic mass is 10.2. The van der Waals surface area contributed by atoms with Crippen LogP contribution in [-0.2, 0) is 11.3 Å². The largest absolute Gasteiger partial charge is 0.486 e. The second-order valence-corrected chi connectivity index (χ2v) is 3.49. The zero-order chi connectivity index (χ0) is 13.0. The first-order chi connectivity index (χ1) is 8.70. The Bertz CT molecular complexity index is 530. The summed E-state index contributed by atoms with van der Waals surface area (Å²) in [7, 11) is 1.29. The third kappa shape index (κ3) is 2.68. The van der Waals surface area contributed by atoms with Crippen LogP contribution in [0.2, 0.25) is 0 Å². The van der Waals surface area contributed by atoms with Crippen molar-refractivity contribution in [1.82, 2.24) is 0 Å². The second kappa shape index (κ2) is 5.35. The average Bonchev–Trinajstić information content (AvgIpc) is 2.85. The SMILES string of the molecule is COC(=O)c1ccoc1COc1ccc(F)cc1. The van der Waals surface area contributed by atoms with Crippen molar-refractivity contribution in [2.45, 2.75) is 6.61 Å². The molecule has 0 aliphatic heterocycles. The molecule has 0 saturated carbocycles. The van der Waals surface area contributed by atoms with Crippen molar-refractivity contribution in [2.24, 2.45) is 0 Å². The third-order valence-corrected chi connectivity index (χ3v) is 2.33. The Kier molecular flexibility index (Phi) is 3.62. The summed E-state index contributed by atoms with van der Waals surface area (Å²) >= 11 is 0. The number of esters is 1. The molecule has 0 unspecified atom stereocenters. The molecule has 4 nitrogen and oxygen atoms in total. The number of carbonyl (C=O) groups is 1. The van der Waals surface area contributed by atoms with Crippen molar-refractivity contribution in [1.29, 1.82) is 0 Å². The summed E-state index contributed by atoms with van der Waals surface area (Å²) in [4.78, 5) is 11.4. The molecule has 2 rings (SSSR count). The van der Waals surface area contributed by atoms with Gasteiger partial charge >= 0.3 is 5.97 Å². The van der Waals surface area contributed by atoms with Gasteiger partial charge in [0.05, 0.1) is 13.4 Å². The lowest BCUT2D eigenvalue weighted by Crippen LogP contribution is -2.05. The average molecular weight is 250 g/mol. The summed E-state index contributed by atoms with van der Waals surface area (Å²) in [5, 5.41) is 0. The number of carbonyl (C=O) groups excluding carboxylic acids is 1. The predicted octanol–water partition coefficient (Wildman–Crippen LogP) is 2.78. The topological polar surface area (TPSA) is 48.7 Å². The molecule has 5 heteroatoms. The molecule has 0 bridgehead atoms. The van der Waals surface area contributed by atoms with E-state index in [0.29, 0.717) is 17.1 Å². The number of hydrogen-bond donors (Lipinski definition) is 0. The fourth-order valence-corrected chi connectivity index (χ4v) is 1.42. The maximum Gasteiger partial charge on any atom is 0.341 e. The maximum absolute atomic E-state index is 12.7. The lowest BCUT2D eigenvalue weighted by molar-refractivity contribution is 0.0595. The molecule has 1 heterocycles. The van der Waals surface area contributed by atoms with E-state index in [-0.39, 0.29) is 12.4 Å².